The van der Waals surface area contributed by atoms with Gasteiger partial charge in [0.15, 0.2) is 0 Å². The second-order valence-electron chi connectivity index (χ2n) is 5.31. The van der Waals surface area contributed by atoms with E-state index in [1.807, 2.05) is 14.0 Å². The summed E-state index contributed by atoms with van der Waals surface area (Å²) in [5.41, 5.74) is 5.00. The highest BCUT2D eigenvalue weighted by Gasteiger charge is 2.13. The van der Waals surface area contributed by atoms with E-state index in [0.717, 1.165) is 6.54 Å². The number of anilines is 1. The van der Waals surface area contributed by atoms with Crippen molar-refractivity contribution in [2.75, 3.05) is 18.5 Å². The largest absolute Gasteiger partial charge is 0.481 e. The van der Waals surface area contributed by atoms with E-state index >= 15 is 0 Å². The first-order valence-electron chi connectivity index (χ1n) is 6.32. The highest BCUT2D eigenvalue weighted by atomic mass is 16.4. The molecule has 18 heavy (non-hydrogen) atoms. The minimum Gasteiger partial charge on any atom is -0.481 e. The third-order valence-corrected chi connectivity index (χ3v) is 3.33. The normalized spacial score (nSPS) is 12.3. The zero-order chi connectivity index (χ0) is 13.9. The first-order chi connectivity index (χ1) is 8.31. The van der Waals surface area contributed by atoms with E-state index in [1.54, 1.807) is 0 Å². The van der Waals surface area contributed by atoms with Crippen LogP contribution >= 0.6 is 0 Å². The molecule has 0 aliphatic rings. The lowest BCUT2D eigenvalue weighted by atomic mass is 10.0. The lowest BCUT2D eigenvalue weighted by Crippen LogP contribution is -2.26. The fourth-order valence-electron chi connectivity index (χ4n) is 2.29. The Kier molecular flexibility index (Phi) is 4.76. The van der Waals surface area contributed by atoms with Crippen molar-refractivity contribution in [1.82, 2.24) is 0 Å². The van der Waals surface area contributed by atoms with Crippen molar-refractivity contribution in [3.05, 3.63) is 28.8 Å². The average Bonchev–Trinajstić information content (AvgIpc) is 2.21. The molecule has 0 saturated carbocycles. The fourth-order valence-corrected chi connectivity index (χ4v) is 2.29. The van der Waals surface area contributed by atoms with Crippen LogP contribution in [0.25, 0.3) is 0 Å². The van der Waals surface area contributed by atoms with E-state index in [4.69, 9.17) is 5.11 Å². The van der Waals surface area contributed by atoms with Crippen LogP contribution in [0, 0.1) is 26.7 Å². The Bertz CT molecular complexity index is 440. The Morgan fingerprint density at radius 2 is 1.78 bits per heavy atom. The van der Waals surface area contributed by atoms with Crippen LogP contribution < -0.4 is 4.90 Å². The molecule has 0 saturated heterocycles. The number of hydrogen-bond donors (Lipinski definition) is 1. The van der Waals surface area contributed by atoms with Gasteiger partial charge >= 0.3 is 5.97 Å². The summed E-state index contributed by atoms with van der Waals surface area (Å²) in [4.78, 5) is 12.8. The minimum absolute atomic E-state index is 0.147. The number of hydrogen-bond acceptors (Lipinski definition) is 2. The molecule has 100 valence electrons. The first-order valence-corrected chi connectivity index (χ1v) is 6.32. The monoisotopic (exact) mass is 249 g/mol. The van der Waals surface area contributed by atoms with Crippen LogP contribution in [-0.4, -0.2) is 24.7 Å². The van der Waals surface area contributed by atoms with Crippen LogP contribution in [0.2, 0.25) is 0 Å². The number of aryl methyl sites for hydroxylation is 3. The summed E-state index contributed by atoms with van der Waals surface area (Å²) in [7, 11) is 2.02. The SMILES string of the molecule is Cc1cc(C)c(N(C)CC(C)CC(=O)O)cc1C. The molecule has 1 aromatic carbocycles. The van der Waals surface area contributed by atoms with Crippen molar-refractivity contribution in [3.8, 4) is 0 Å². The molecule has 0 fully saturated rings. The lowest BCUT2D eigenvalue weighted by Gasteiger charge is -2.25. The van der Waals surface area contributed by atoms with E-state index < -0.39 is 5.97 Å². The van der Waals surface area contributed by atoms with Crippen molar-refractivity contribution in [1.29, 1.82) is 0 Å². The number of aliphatic carboxylic acids is 1. The third-order valence-electron chi connectivity index (χ3n) is 3.33. The second kappa shape index (κ2) is 5.89. The molecular formula is C15H23NO2. The van der Waals surface area contributed by atoms with E-state index in [9.17, 15) is 4.79 Å². The third kappa shape index (κ3) is 3.76. The van der Waals surface area contributed by atoms with Crippen LogP contribution in [0.3, 0.4) is 0 Å². The summed E-state index contributed by atoms with van der Waals surface area (Å²) in [5, 5.41) is 8.78. The zero-order valence-electron chi connectivity index (χ0n) is 11.9. The van der Waals surface area contributed by atoms with E-state index in [1.165, 1.54) is 22.4 Å². The minimum atomic E-state index is -0.729. The molecule has 0 radical (unpaired) electrons. The van der Waals surface area contributed by atoms with Gasteiger partial charge < -0.3 is 10.0 Å². The van der Waals surface area contributed by atoms with Crippen LogP contribution in [0.15, 0.2) is 12.1 Å². The number of carbonyl (C=O) groups is 1. The van der Waals surface area contributed by atoms with Gasteiger partial charge in [0, 0.05) is 25.7 Å². The maximum atomic E-state index is 10.7. The molecule has 3 nitrogen and oxygen atoms in total. The van der Waals surface area contributed by atoms with Gasteiger partial charge in [-0.05, 0) is 49.4 Å². The Labute approximate surface area is 109 Å². The topological polar surface area (TPSA) is 40.5 Å². The molecule has 0 amide bonds. The molecule has 1 rings (SSSR count). The molecule has 0 heterocycles. The highest BCUT2D eigenvalue weighted by molar-refractivity contribution is 5.67. The Morgan fingerprint density at radius 3 is 2.33 bits per heavy atom. The van der Waals surface area contributed by atoms with Crippen molar-refractivity contribution >= 4 is 11.7 Å². The van der Waals surface area contributed by atoms with E-state index in [0.29, 0.717) is 0 Å². The molecule has 0 aromatic heterocycles. The molecule has 1 atom stereocenters. The number of rotatable bonds is 5. The van der Waals surface area contributed by atoms with Gasteiger partial charge in [0.25, 0.3) is 0 Å². The van der Waals surface area contributed by atoms with E-state index in [2.05, 4.69) is 37.8 Å². The zero-order valence-corrected chi connectivity index (χ0v) is 11.9. The van der Waals surface area contributed by atoms with E-state index in [-0.39, 0.29) is 12.3 Å². The molecule has 0 spiro atoms. The number of carboxylic acid groups (broad SMARTS) is 1. The van der Waals surface area contributed by atoms with Crippen molar-refractivity contribution in [2.24, 2.45) is 5.92 Å². The molecular weight excluding hydrogens is 226 g/mol. The summed E-state index contributed by atoms with van der Waals surface area (Å²) >= 11 is 0. The predicted octanol–water partition coefficient (Wildman–Crippen LogP) is 3.16. The lowest BCUT2D eigenvalue weighted by molar-refractivity contribution is -0.137. The van der Waals surface area contributed by atoms with Gasteiger partial charge in [-0.25, -0.2) is 0 Å². The van der Waals surface area contributed by atoms with Gasteiger partial charge in [0.2, 0.25) is 0 Å². The summed E-state index contributed by atoms with van der Waals surface area (Å²) in [6.07, 6.45) is 0.216. The summed E-state index contributed by atoms with van der Waals surface area (Å²) in [6.45, 7) is 9.04. The molecule has 1 unspecified atom stereocenters. The van der Waals surface area contributed by atoms with Gasteiger partial charge in [-0.3, -0.25) is 4.79 Å². The maximum absolute atomic E-state index is 10.7. The summed E-state index contributed by atoms with van der Waals surface area (Å²) in [5.74, 6) is -0.582. The van der Waals surface area contributed by atoms with Crippen LogP contribution in [0.1, 0.15) is 30.0 Å². The number of carboxylic acids is 1. The maximum Gasteiger partial charge on any atom is 0.303 e. The van der Waals surface area contributed by atoms with Crippen molar-refractivity contribution < 1.29 is 9.90 Å². The molecule has 0 aliphatic heterocycles. The standard InChI is InChI=1S/C15H23NO2/c1-10(6-15(17)18)9-16(5)14-8-12(3)11(2)7-13(14)4/h7-8,10H,6,9H2,1-5H3,(H,17,18). The predicted molar refractivity (Wildman–Crippen MR) is 75.3 cm³/mol. The van der Waals surface area contributed by atoms with Crippen molar-refractivity contribution in [2.45, 2.75) is 34.1 Å². The average molecular weight is 249 g/mol. The summed E-state index contributed by atoms with van der Waals surface area (Å²) in [6, 6.07) is 4.36. The van der Waals surface area contributed by atoms with Gasteiger partial charge in [-0.1, -0.05) is 13.0 Å². The molecule has 0 bridgehead atoms. The molecule has 3 heteroatoms. The van der Waals surface area contributed by atoms with Crippen LogP contribution in [0.4, 0.5) is 5.69 Å². The van der Waals surface area contributed by atoms with Crippen LogP contribution in [0.5, 0.6) is 0 Å². The number of nitrogens with zero attached hydrogens (tertiary/aromatic N) is 1. The Morgan fingerprint density at radius 1 is 1.22 bits per heavy atom. The van der Waals surface area contributed by atoms with Gasteiger partial charge in [-0.15, -0.1) is 0 Å². The molecule has 1 N–H and O–H groups in total. The quantitative estimate of drug-likeness (QED) is 0.871. The summed E-state index contributed by atoms with van der Waals surface area (Å²) < 4.78 is 0. The van der Waals surface area contributed by atoms with Gasteiger partial charge in [-0.2, -0.15) is 0 Å². The fraction of sp³-hybridized carbons (Fsp3) is 0.533. The Balaban J connectivity index is 2.81. The Hall–Kier alpha value is -1.51. The van der Waals surface area contributed by atoms with Gasteiger partial charge in [0.1, 0.15) is 0 Å². The smallest absolute Gasteiger partial charge is 0.303 e. The molecule has 0 aliphatic carbocycles. The number of benzene rings is 1. The van der Waals surface area contributed by atoms with Crippen molar-refractivity contribution in [3.63, 3.8) is 0 Å². The first kappa shape index (κ1) is 14.6. The highest BCUT2D eigenvalue weighted by Crippen LogP contribution is 2.24. The van der Waals surface area contributed by atoms with Gasteiger partial charge in [0.05, 0.1) is 0 Å². The van der Waals surface area contributed by atoms with Crippen LogP contribution in [-0.2, 0) is 4.79 Å². The molecule has 1 aromatic rings. The second-order valence-corrected chi connectivity index (χ2v) is 5.31.